The van der Waals surface area contributed by atoms with Crippen molar-refractivity contribution in [3.8, 4) is 0 Å². The molecule has 108 valence electrons. The molecule has 0 aliphatic rings. The largest absolute Gasteiger partial charge is 0.416 e. The fourth-order valence-electron chi connectivity index (χ4n) is 1.57. The summed E-state index contributed by atoms with van der Waals surface area (Å²) in [5.74, 6) is 1.19. The zero-order valence-corrected chi connectivity index (χ0v) is 11.4. The van der Waals surface area contributed by atoms with Crippen LogP contribution in [-0.4, -0.2) is 20.9 Å². The van der Waals surface area contributed by atoms with E-state index in [1.165, 1.54) is 23.9 Å². The standard InChI is InChI=1S/C12H13F3N4S/c1-7-17-11(19-18-7)20-6-10(16)8-2-4-9(5-3-8)12(13,14)15/h2-5,10H,6,16H2,1H3,(H,17,18,19). The van der Waals surface area contributed by atoms with Crippen LogP contribution in [0.2, 0.25) is 0 Å². The van der Waals surface area contributed by atoms with Gasteiger partial charge in [-0.3, -0.25) is 5.10 Å². The Labute approximate surface area is 118 Å². The van der Waals surface area contributed by atoms with Crippen LogP contribution in [-0.2, 0) is 6.18 Å². The molecule has 1 unspecified atom stereocenters. The molecular formula is C12H13F3N4S. The van der Waals surface area contributed by atoms with E-state index in [9.17, 15) is 13.2 Å². The molecule has 8 heteroatoms. The molecule has 1 aromatic carbocycles. The third-order valence-electron chi connectivity index (χ3n) is 2.63. The van der Waals surface area contributed by atoms with Gasteiger partial charge in [-0.1, -0.05) is 23.9 Å². The quantitative estimate of drug-likeness (QED) is 0.852. The van der Waals surface area contributed by atoms with E-state index < -0.39 is 11.7 Å². The first-order chi connectivity index (χ1) is 9.36. The molecule has 1 atom stereocenters. The zero-order valence-electron chi connectivity index (χ0n) is 10.6. The second-order valence-electron chi connectivity index (χ2n) is 4.24. The van der Waals surface area contributed by atoms with Crippen LogP contribution in [0.1, 0.15) is 23.0 Å². The molecule has 2 aromatic rings. The summed E-state index contributed by atoms with van der Waals surface area (Å²) in [5.41, 5.74) is 5.92. The number of aromatic amines is 1. The van der Waals surface area contributed by atoms with E-state index in [-0.39, 0.29) is 6.04 Å². The van der Waals surface area contributed by atoms with Crippen molar-refractivity contribution >= 4 is 11.8 Å². The summed E-state index contributed by atoms with van der Waals surface area (Å²) in [5, 5.41) is 7.23. The van der Waals surface area contributed by atoms with E-state index in [1.54, 1.807) is 6.92 Å². The summed E-state index contributed by atoms with van der Waals surface area (Å²) in [6.07, 6.45) is -4.33. The molecule has 1 heterocycles. The van der Waals surface area contributed by atoms with Crippen LogP contribution in [0.25, 0.3) is 0 Å². The van der Waals surface area contributed by atoms with Gasteiger partial charge in [-0.05, 0) is 24.6 Å². The van der Waals surface area contributed by atoms with E-state index in [0.717, 1.165) is 12.1 Å². The summed E-state index contributed by atoms with van der Waals surface area (Å²) in [7, 11) is 0. The lowest BCUT2D eigenvalue weighted by Gasteiger charge is -2.12. The van der Waals surface area contributed by atoms with Crippen molar-refractivity contribution in [1.29, 1.82) is 0 Å². The van der Waals surface area contributed by atoms with Crippen molar-refractivity contribution in [3.05, 3.63) is 41.2 Å². The van der Waals surface area contributed by atoms with Crippen molar-refractivity contribution in [2.75, 3.05) is 5.75 Å². The van der Waals surface area contributed by atoms with Crippen molar-refractivity contribution < 1.29 is 13.2 Å². The maximum absolute atomic E-state index is 12.4. The fourth-order valence-corrected chi connectivity index (χ4v) is 2.40. The number of nitrogens with two attached hydrogens (primary N) is 1. The molecule has 0 spiro atoms. The Bertz CT molecular complexity index is 565. The smallest absolute Gasteiger partial charge is 0.323 e. The maximum atomic E-state index is 12.4. The minimum atomic E-state index is -4.33. The SMILES string of the molecule is Cc1nc(SCC(N)c2ccc(C(F)(F)F)cc2)n[nH]1. The second-order valence-corrected chi connectivity index (χ2v) is 5.23. The fraction of sp³-hybridized carbons (Fsp3) is 0.333. The normalized spacial score (nSPS) is 13.4. The molecule has 4 nitrogen and oxygen atoms in total. The highest BCUT2D eigenvalue weighted by molar-refractivity contribution is 7.99. The van der Waals surface area contributed by atoms with Crippen LogP contribution in [0, 0.1) is 6.92 Å². The monoisotopic (exact) mass is 302 g/mol. The number of alkyl halides is 3. The maximum Gasteiger partial charge on any atom is 0.416 e. The lowest BCUT2D eigenvalue weighted by molar-refractivity contribution is -0.137. The van der Waals surface area contributed by atoms with Gasteiger partial charge in [-0.2, -0.15) is 13.2 Å². The third-order valence-corrected chi connectivity index (χ3v) is 3.60. The molecule has 1 aromatic heterocycles. The summed E-state index contributed by atoms with van der Waals surface area (Å²) < 4.78 is 37.3. The first kappa shape index (κ1) is 14.9. The van der Waals surface area contributed by atoms with Gasteiger partial charge in [0, 0.05) is 11.8 Å². The van der Waals surface area contributed by atoms with Crippen LogP contribution < -0.4 is 5.73 Å². The van der Waals surface area contributed by atoms with Gasteiger partial charge in [0.15, 0.2) is 0 Å². The molecule has 0 saturated carbocycles. The zero-order chi connectivity index (χ0) is 14.8. The predicted octanol–water partition coefficient (Wildman–Crippen LogP) is 2.92. The van der Waals surface area contributed by atoms with E-state index in [2.05, 4.69) is 15.2 Å². The van der Waals surface area contributed by atoms with Crippen molar-refractivity contribution in [3.63, 3.8) is 0 Å². The third kappa shape index (κ3) is 3.73. The first-order valence-electron chi connectivity index (χ1n) is 5.81. The Morgan fingerprint density at radius 2 is 1.95 bits per heavy atom. The number of rotatable bonds is 4. The number of aromatic nitrogens is 3. The number of halogens is 3. The van der Waals surface area contributed by atoms with Gasteiger partial charge >= 0.3 is 6.18 Å². The molecule has 0 amide bonds. The van der Waals surface area contributed by atoms with E-state index in [0.29, 0.717) is 22.3 Å². The van der Waals surface area contributed by atoms with Gasteiger partial charge in [-0.15, -0.1) is 5.10 Å². The summed E-state index contributed by atoms with van der Waals surface area (Å²) in [6.45, 7) is 1.78. The molecule has 2 rings (SSSR count). The molecule has 0 bridgehead atoms. The number of hydrogen-bond acceptors (Lipinski definition) is 4. The lowest BCUT2D eigenvalue weighted by Crippen LogP contribution is -2.14. The highest BCUT2D eigenvalue weighted by atomic mass is 32.2. The molecule has 3 N–H and O–H groups in total. The minimum Gasteiger partial charge on any atom is -0.323 e. The van der Waals surface area contributed by atoms with Crippen LogP contribution in [0.3, 0.4) is 0 Å². The van der Waals surface area contributed by atoms with Crippen molar-refractivity contribution in [2.24, 2.45) is 5.73 Å². The molecule has 0 fully saturated rings. The number of thioether (sulfide) groups is 1. The molecule has 0 aliphatic heterocycles. The average molecular weight is 302 g/mol. The van der Waals surface area contributed by atoms with E-state index in [4.69, 9.17) is 5.73 Å². The van der Waals surface area contributed by atoms with Gasteiger partial charge in [0.1, 0.15) is 5.82 Å². The topological polar surface area (TPSA) is 67.6 Å². The minimum absolute atomic E-state index is 0.374. The molecule has 0 saturated heterocycles. The van der Waals surface area contributed by atoms with Gasteiger partial charge in [0.05, 0.1) is 5.56 Å². The summed E-state index contributed by atoms with van der Waals surface area (Å²) in [6, 6.07) is 4.50. The van der Waals surface area contributed by atoms with Gasteiger partial charge in [0.2, 0.25) is 5.16 Å². The lowest BCUT2D eigenvalue weighted by atomic mass is 10.1. The number of H-pyrrole nitrogens is 1. The second kappa shape index (κ2) is 5.84. The highest BCUT2D eigenvalue weighted by Crippen LogP contribution is 2.30. The van der Waals surface area contributed by atoms with Gasteiger partial charge in [0.25, 0.3) is 0 Å². The Morgan fingerprint density at radius 3 is 2.45 bits per heavy atom. The Morgan fingerprint density at radius 1 is 1.30 bits per heavy atom. The number of hydrogen-bond donors (Lipinski definition) is 2. The Balaban J connectivity index is 1.97. The Hall–Kier alpha value is -1.54. The number of benzene rings is 1. The van der Waals surface area contributed by atoms with Crippen LogP contribution >= 0.6 is 11.8 Å². The molecule has 0 aliphatic carbocycles. The van der Waals surface area contributed by atoms with Crippen LogP contribution in [0.15, 0.2) is 29.4 Å². The van der Waals surface area contributed by atoms with E-state index >= 15 is 0 Å². The van der Waals surface area contributed by atoms with Crippen molar-refractivity contribution in [1.82, 2.24) is 15.2 Å². The summed E-state index contributed by atoms with van der Waals surface area (Å²) in [4.78, 5) is 4.11. The number of nitrogens with zero attached hydrogens (tertiary/aromatic N) is 2. The molecular weight excluding hydrogens is 289 g/mol. The van der Waals surface area contributed by atoms with Gasteiger partial charge < -0.3 is 5.73 Å². The van der Waals surface area contributed by atoms with Crippen LogP contribution in [0.4, 0.5) is 13.2 Å². The highest BCUT2D eigenvalue weighted by Gasteiger charge is 2.30. The average Bonchev–Trinajstić information content (AvgIpc) is 2.81. The first-order valence-corrected chi connectivity index (χ1v) is 6.79. The number of aryl methyl sites for hydroxylation is 1. The molecule has 0 radical (unpaired) electrons. The summed E-state index contributed by atoms with van der Waals surface area (Å²) >= 11 is 1.35. The van der Waals surface area contributed by atoms with E-state index in [1.807, 2.05) is 0 Å². The number of nitrogens with one attached hydrogen (secondary N) is 1. The molecule has 20 heavy (non-hydrogen) atoms. The van der Waals surface area contributed by atoms with Crippen molar-refractivity contribution in [2.45, 2.75) is 24.3 Å². The predicted molar refractivity (Wildman–Crippen MR) is 70.2 cm³/mol. The Kier molecular flexibility index (Phi) is 4.34. The van der Waals surface area contributed by atoms with Gasteiger partial charge in [-0.25, -0.2) is 4.98 Å². The van der Waals surface area contributed by atoms with Crippen LogP contribution in [0.5, 0.6) is 0 Å².